The number of rotatable bonds is 0. The van der Waals surface area contributed by atoms with Crippen LogP contribution in [0.1, 0.15) is 0 Å². The summed E-state index contributed by atoms with van der Waals surface area (Å²) < 4.78 is 0. The Kier molecular flexibility index (Phi) is 1.39. The average Bonchev–Trinajstić information content (AvgIpc) is 1.72. The van der Waals surface area contributed by atoms with Gasteiger partial charge in [-0.15, -0.1) is 11.8 Å². The molecule has 0 aromatic rings. The standard InChI is InChI=1S/C5H5S/c1-2-4-6-5-3-1/h1-2,5H,4H2. The predicted octanol–water partition coefficient (Wildman–Crippen LogP) is 1.61. The predicted molar refractivity (Wildman–Crippen MR) is 29.4 cm³/mol. The van der Waals surface area contributed by atoms with E-state index in [0.717, 1.165) is 5.75 Å². The summed E-state index contributed by atoms with van der Waals surface area (Å²) in [5.74, 6) is 1.12. The van der Waals surface area contributed by atoms with Gasteiger partial charge in [0.2, 0.25) is 0 Å². The van der Waals surface area contributed by atoms with E-state index in [2.05, 4.69) is 12.2 Å². The van der Waals surface area contributed by atoms with Crippen LogP contribution in [0, 0.1) is 6.08 Å². The molecule has 0 bridgehead atoms. The molecule has 0 N–H and O–H groups in total. The molecule has 1 rings (SSSR count). The van der Waals surface area contributed by atoms with Crippen molar-refractivity contribution in [1.82, 2.24) is 0 Å². The molecule has 0 amide bonds. The van der Waals surface area contributed by atoms with Gasteiger partial charge in [0, 0.05) is 5.75 Å². The third-order valence-electron chi connectivity index (χ3n) is 0.558. The molecule has 0 atom stereocenters. The Labute approximate surface area is 41.9 Å². The van der Waals surface area contributed by atoms with Gasteiger partial charge >= 0.3 is 0 Å². The van der Waals surface area contributed by atoms with E-state index in [1.165, 1.54) is 0 Å². The normalized spacial score (nSPS) is 18.7. The van der Waals surface area contributed by atoms with Crippen LogP contribution in [0.15, 0.2) is 17.6 Å². The van der Waals surface area contributed by atoms with Crippen molar-refractivity contribution in [1.29, 1.82) is 0 Å². The third-order valence-corrected chi connectivity index (χ3v) is 1.25. The quantitative estimate of drug-likeness (QED) is 0.442. The minimum absolute atomic E-state index is 1.12. The van der Waals surface area contributed by atoms with E-state index >= 15 is 0 Å². The first kappa shape index (κ1) is 4.00. The Morgan fingerprint density at radius 2 is 2.67 bits per heavy atom. The van der Waals surface area contributed by atoms with Gasteiger partial charge in [0.15, 0.2) is 0 Å². The molecule has 1 aliphatic heterocycles. The zero-order valence-corrected chi connectivity index (χ0v) is 4.16. The summed E-state index contributed by atoms with van der Waals surface area (Å²) in [5.41, 5.74) is 0. The molecule has 0 saturated carbocycles. The molecule has 6 heavy (non-hydrogen) atoms. The lowest BCUT2D eigenvalue weighted by Crippen LogP contribution is -1.68. The summed E-state index contributed by atoms with van der Waals surface area (Å²) in [6.07, 6.45) is 6.97. The molecule has 31 valence electrons. The smallest absolute Gasteiger partial charge is 0.0158 e. The zero-order chi connectivity index (χ0) is 4.24. The van der Waals surface area contributed by atoms with Crippen molar-refractivity contribution in [3.8, 4) is 0 Å². The van der Waals surface area contributed by atoms with Crippen molar-refractivity contribution < 1.29 is 0 Å². The zero-order valence-electron chi connectivity index (χ0n) is 3.35. The van der Waals surface area contributed by atoms with Crippen molar-refractivity contribution in [2.75, 3.05) is 5.75 Å². The lowest BCUT2D eigenvalue weighted by atomic mass is 10.5. The van der Waals surface area contributed by atoms with Gasteiger partial charge in [-0.1, -0.05) is 12.2 Å². The second-order valence-corrected chi connectivity index (χ2v) is 1.92. The number of hydrogen-bond donors (Lipinski definition) is 0. The van der Waals surface area contributed by atoms with E-state index in [1.807, 2.05) is 11.5 Å². The number of hydrogen-bond acceptors (Lipinski definition) is 1. The lowest BCUT2D eigenvalue weighted by molar-refractivity contribution is 1.71. The van der Waals surface area contributed by atoms with Gasteiger partial charge in [0.1, 0.15) is 0 Å². The minimum Gasteiger partial charge on any atom is -0.129 e. The van der Waals surface area contributed by atoms with Crippen molar-refractivity contribution in [3.63, 3.8) is 0 Å². The maximum atomic E-state index is 2.94. The highest BCUT2D eigenvalue weighted by molar-refractivity contribution is 8.02. The first-order valence-electron chi connectivity index (χ1n) is 1.84. The first-order chi connectivity index (χ1) is 3.00. The Bertz CT molecular complexity index is 69.9. The highest BCUT2D eigenvalue weighted by atomic mass is 32.2. The van der Waals surface area contributed by atoms with E-state index in [-0.39, 0.29) is 0 Å². The molecule has 0 unspecified atom stereocenters. The highest BCUT2D eigenvalue weighted by Crippen LogP contribution is 2.05. The Hall–Kier alpha value is -0.170. The molecule has 0 aromatic heterocycles. The van der Waals surface area contributed by atoms with Gasteiger partial charge < -0.3 is 0 Å². The number of allylic oxidation sites excluding steroid dienone is 2. The van der Waals surface area contributed by atoms with E-state index in [1.54, 1.807) is 11.8 Å². The Morgan fingerprint density at radius 3 is 2.83 bits per heavy atom. The van der Waals surface area contributed by atoms with Crippen LogP contribution in [0.2, 0.25) is 0 Å². The fourth-order valence-corrected chi connectivity index (χ4v) is 0.786. The molecule has 1 radical (unpaired) electrons. The second-order valence-electron chi connectivity index (χ2n) is 1.02. The highest BCUT2D eigenvalue weighted by Gasteiger charge is 1.78. The van der Waals surface area contributed by atoms with Crippen molar-refractivity contribution in [2.45, 2.75) is 0 Å². The molecular weight excluding hydrogens is 92.1 g/mol. The summed E-state index contributed by atoms with van der Waals surface area (Å²) in [4.78, 5) is 0. The molecule has 1 heterocycles. The van der Waals surface area contributed by atoms with Gasteiger partial charge in [-0.25, -0.2) is 0 Å². The molecular formula is C5H5S. The van der Waals surface area contributed by atoms with Gasteiger partial charge in [-0.2, -0.15) is 0 Å². The van der Waals surface area contributed by atoms with E-state index in [4.69, 9.17) is 0 Å². The largest absolute Gasteiger partial charge is 0.129 e. The second kappa shape index (κ2) is 2.08. The summed E-state index contributed by atoms with van der Waals surface area (Å²) in [5, 5.41) is 1.97. The lowest BCUT2D eigenvalue weighted by Gasteiger charge is -1.87. The van der Waals surface area contributed by atoms with Crippen LogP contribution >= 0.6 is 11.8 Å². The van der Waals surface area contributed by atoms with E-state index < -0.39 is 0 Å². The van der Waals surface area contributed by atoms with Crippen molar-refractivity contribution >= 4 is 11.8 Å². The summed E-state index contributed by atoms with van der Waals surface area (Å²) >= 11 is 1.77. The van der Waals surface area contributed by atoms with Crippen LogP contribution in [0.3, 0.4) is 0 Å². The maximum absolute atomic E-state index is 2.94. The SMILES string of the molecule is [C]1=CSCC=C1. The molecule has 0 spiro atoms. The molecule has 1 aliphatic rings. The molecule has 1 heteroatoms. The minimum atomic E-state index is 1.12. The monoisotopic (exact) mass is 97.0 g/mol. The first-order valence-corrected chi connectivity index (χ1v) is 2.89. The average molecular weight is 97.2 g/mol. The fourth-order valence-electron chi connectivity index (χ4n) is 0.307. The molecule has 0 nitrogen and oxygen atoms in total. The van der Waals surface area contributed by atoms with Crippen LogP contribution in [-0.2, 0) is 0 Å². The summed E-state index contributed by atoms with van der Waals surface area (Å²) in [6, 6.07) is 0. The van der Waals surface area contributed by atoms with Gasteiger partial charge in [-0.05, 0) is 11.5 Å². The van der Waals surface area contributed by atoms with Crippen molar-refractivity contribution in [3.05, 3.63) is 23.6 Å². The summed E-state index contributed by atoms with van der Waals surface area (Å²) in [7, 11) is 0. The Balaban J connectivity index is 2.46. The van der Waals surface area contributed by atoms with E-state index in [9.17, 15) is 0 Å². The molecule has 0 fully saturated rings. The van der Waals surface area contributed by atoms with Gasteiger partial charge in [-0.3, -0.25) is 0 Å². The van der Waals surface area contributed by atoms with E-state index in [0.29, 0.717) is 0 Å². The van der Waals surface area contributed by atoms with Crippen LogP contribution in [0.5, 0.6) is 0 Å². The topological polar surface area (TPSA) is 0 Å². The van der Waals surface area contributed by atoms with Crippen LogP contribution in [0.4, 0.5) is 0 Å². The van der Waals surface area contributed by atoms with Gasteiger partial charge in [0.05, 0.1) is 0 Å². The van der Waals surface area contributed by atoms with Crippen LogP contribution in [0.25, 0.3) is 0 Å². The molecule has 0 saturated heterocycles. The van der Waals surface area contributed by atoms with Gasteiger partial charge in [0.25, 0.3) is 0 Å². The molecule has 0 aromatic carbocycles. The van der Waals surface area contributed by atoms with Crippen molar-refractivity contribution in [2.24, 2.45) is 0 Å². The Morgan fingerprint density at radius 1 is 1.67 bits per heavy atom. The maximum Gasteiger partial charge on any atom is 0.0158 e. The molecule has 0 aliphatic carbocycles. The van der Waals surface area contributed by atoms with Crippen LogP contribution in [-0.4, -0.2) is 5.75 Å². The third kappa shape index (κ3) is 0.902. The number of thioether (sulfide) groups is 1. The van der Waals surface area contributed by atoms with Crippen LogP contribution < -0.4 is 0 Å². The summed E-state index contributed by atoms with van der Waals surface area (Å²) in [6.45, 7) is 0. The fraction of sp³-hybridized carbons (Fsp3) is 0.200.